The van der Waals surface area contributed by atoms with Gasteiger partial charge in [0.25, 0.3) is 0 Å². The molecule has 112 valence electrons. The average Bonchev–Trinajstić information content (AvgIpc) is 2.25. The van der Waals surface area contributed by atoms with Gasteiger partial charge < -0.3 is 20.5 Å². The lowest BCUT2D eigenvalue weighted by Gasteiger charge is -2.24. The van der Waals surface area contributed by atoms with Crippen LogP contribution < -0.4 is 10.6 Å². The predicted octanol–water partition coefficient (Wildman–Crippen LogP) is 1.75. The predicted molar refractivity (Wildman–Crippen MR) is 73.2 cm³/mol. The van der Waals surface area contributed by atoms with Crippen LogP contribution in [-0.2, 0) is 9.53 Å². The molecule has 0 aliphatic rings. The van der Waals surface area contributed by atoms with E-state index in [2.05, 4.69) is 17.6 Å². The Morgan fingerprint density at radius 2 is 1.84 bits per heavy atom. The highest BCUT2D eigenvalue weighted by atomic mass is 16.5. The summed E-state index contributed by atoms with van der Waals surface area (Å²) in [6.45, 7) is 7.35. The van der Waals surface area contributed by atoms with E-state index < -0.39 is 11.5 Å². The first-order chi connectivity index (χ1) is 8.87. The van der Waals surface area contributed by atoms with Gasteiger partial charge in [-0.2, -0.15) is 0 Å². The van der Waals surface area contributed by atoms with Gasteiger partial charge in [-0.05, 0) is 26.7 Å². The van der Waals surface area contributed by atoms with Gasteiger partial charge in [0.05, 0.1) is 6.42 Å². The largest absolute Gasteiger partial charge is 0.481 e. The number of ether oxygens (including phenoxy) is 1. The highest BCUT2D eigenvalue weighted by Crippen LogP contribution is 2.07. The Labute approximate surface area is 114 Å². The summed E-state index contributed by atoms with van der Waals surface area (Å²) in [7, 11) is 0. The molecule has 0 radical (unpaired) electrons. The second-order valence-electron chi connectivity index (χ2n) is 5.15. The molecule has 0 aliphatic heterocycles. The van der Waals surface area contributed by atoms with E-state index in [1.165, 1.54) is 0 Å². The second kappa shape index (κ2) is 9.61. The maximum Gasteiger partial charge on any atom is 0.315 e. The van der Waals surface area contributed by atoms with Gasteiger partial charge in [-0.15, -0.1) is 0 Å². The number of urea groups is 1. The number of hydrogen-bond donors (Lipinski definition) is 3. The van der Waals surface area contributed by atoms with Crippen LogP contribution in [0.2, 0.25) is 0 Å². The van der Waals surface area contributed by atoms with Crippen molar-refractivity contribution in [1.82, 2.24) is 10.6 Å². The first-order valence-corrected chi connectivity index (χ1v) is 6.73. The topological polar surface area (TPSA) is 87.7 Å². The molecule has 0 spiro atoms. The van der Waals surface area contributed by atoms with Gasteiger partial charge in [0.2, 0.25) is 0 Å². The quantitative estimate of drug-likeness (QED) is 0.530. The molecule has 6 heteroatoms. The fourth-order valence-electron chi connectivity index (χ4n) is 1.50. The minimum absolute atomic E-state index is 0.111. The van der Waals surface area contributed by atoms with E-state index in [0.29, 0.717) is 13.2 Å². The summed E-state index contributed by atoms with van der Waals surface area (Å²) in [6, 6.07) is -0.347. The summed E-state index contributed by atoms with van der Waals surface area (Å²) < 4.78 is 5.36. The molecule has 0 aliphatic carbocycles. The van der Waals surface area contributed by atoms with Crippen molar-refractivity contribution < 1.29 is 19.4 Å². The molecule has 3 N–H and O–H groups in total. The molecule has 6 nitrogen and oxygen atoms in total. The zero-order valence-electron chi connectivity index (χ0n) is 12.1. The molecule has 19 heavy (non-hydrogen) atoms. The molecule has 0 aromatic heterocycles. The molecule has 2 amide bonds. The van der Waals surface area contributed by atoms with Crippen molar-refractivity contribution in [3.05, 3.63) is 0 Å². The normalized spacial score (nSPS) is 11.1. The zero-order valence-corrected chi connectivity index (χ0v) is 12.1. The van der Waals surface area contributed by atoms with Crippen molar-refractivity contribution in [2.24, 2.45) is 0 Å². The summed E-state index contributed by atoms with van der Waals surface area (Å²) in [5, 5.41) is 14.0. The first-order valence-electron chi connectivity index (χ1n) is 6.73. The molecule has 0 unspecified atom stereocenters. The standard InChI is InChI=1S/C13H26N2O4/c1-4-5-8-19-9-6-7-14-12(18)15-13(2,3)10-11(16)17/h4-10H2,1-3H3,(H,16,17)(H2,14,15,18). The number of carbonyl (C=O) groups is 2. The summed E-state index contributed by atoms with van der Waals surface area (Å²) in [4.78, 5) is 22.1. The monoisotopic (exact) mass is 274 g/mol. The van der Waals surface area contributed by atoms with Crippen LogP contribution in [0, 0.1) is 0 Å². The third kappa shape index (κ3) is 11.5. The summed E-state index contributed by atoms with van der Waals surface area (Å²) >= 11 is 0. The first kappa shape index (κ1) is 17.7. The Bertz CT molecular complexity index is 280. The van der Waals surface area contributed by atoms with E-state index >= 15 is 0 Å². The summed E-state index contributed by atoms with van der Waals surface area (Å²) in [6.07, 6.45) is 2.80. The Morgan fingerprint density at radius 1 is 1.21 bits per heavy atom. The molecular weight excluding hydrogens is 248 g/mol. The molecule has 0 aromatic rings. The number of nitrogens with one attached hydrogen (secondary N) is 2. The highest BCUT2D eigenvalue weighted by molar-refractivity contribution is 5.76. The number of carboxylic acid groups (broad SMARTS) is 1. The molecule has 0 aromatic carbocycles. The van der Waals surface area contributed by atoms with Crippen LogP contribution in [0.5, 0.6) is 0 Å². The van der Waals surface area contributed by atoms with E-state index in [9.17, 15) is 9.59 Å². The van der Waals surface area contributed by atoms with E-state index in [0.717, 1.165) is 25.9 Å². The van der Waals surface area contributed by atoms with E-state index in [1.54, 1.807) is 13.8 Å². The Kier molecular flexibility index (Phi) is 8.95. The molecule has 0 fully saturated rings. The van der Waals surface area contributed by atoms with Crippen molar-refractivity contribution in [3.8, 4) is 0 Å². The van der Waals surface area contributed by atoms with Gasteiger partial charge in [0, 0.05) is 25.3 Å². The van der Waals surface area contributed by atoms with Gasteiger partial charge in [-0.25, -0.2) is 4.79 Å². The average molecular weight is 274 g/mol. The van der Waals surface area contributed by atoms with Gasteiger partial charge in [0.15, 0.2) is 0 Å². The van der Waals surface area contributed by atoms with E-state index in [1.807, 2.05) is 0 Å². The number of aliphatic carboxylic acids is 1. The van der Waals surface area contributed by atoms with Crippen LogP contribution in [0.25, 0.3) is 0 Å². The van der Waals surface area contributed by atoms with Crippen molar-refractivity contribution in [2.45, 2.75) is 52.0 Å². The molecular formula is C13H26N2O4. The SMILES string of the molecule is CCCCOCCCNC(=O)NC(C)(C)CC(=O)O. The Balaban J connectivity index is 3.61. The van der Waals surface area contributed by atoms with Crippen LogP contribution in [-0.4, -0.2) is 42.4 Å². The number of hydrogen-bond acceptors (Lipinski definition) is 3. The maximum absolute atomic E-state index is 11.5. The number of rotatable bonds is 10. The number of amides is 2. The lowest BCUT2D eigenvalue weighted by molar-refractivity contribution is -0.138. The zero-order chi connectivity index (χ0) is 14.7. The number of carboxylic acids is 1. The molecule has 0 saturated carbocycles. The lowest BCUT2D eigenvalue weighted by Crippen LogP contribution is -2.49. The van der Waals surface area contributed by atoms with Crippen LogP contribution in [0.15, 0.2) is 0 Å². The van der Waals surface area contributed by atoms with Gasteiger partial charge in [-0.3, -0.25) is 4.79 Å². The van der Waals surface area contributed by atoms with Crippen molar-refractivity contribution >= 4 is 12.0 Å². The molecule has 0 heterocycles. The highest BCUT2D eigenvalue weighted by Gasteiger charge is 2.23. The third-order valence-electron chi connectivity index (χ3n) is 2.44. The van der Waals surface area contributed by atoms with Crippen molar-refractivity contribution in [1.29, 1.82) is 0 Å². The summed E-state index contributed by atoms with van der Waals surface area (Å²) in [5.74, 6) is -0.936. The van der Waals surface area contributed by atoms with Crippen molar-refractivity contribution in [3.63, 3.8) is 0 Å². The van der Waals surface area contributed by atoms with Crippen LogP contribution in [0.3, 0.4) is 0 Å². The molecule has 0 rings (SSSR count). The van der Waals surface area contributed by atoms with Gasteiger partial charge in [-0.1, -0.05) is 13.3 Å². The van der Waals surface area contributed by atoms with Crippen LogP contribution in [0.4, 0.5) is 4.79 Å². The van der Waals surface area contributed by atoms with Gasteiger partial charge >= 0.3 is 12.0 Å². The maximum atomic E-state index is 11.5. The lowest BCUT2D eigenvalue weighted by atomic mass is 10.0. The fraction of sp³-hybridized carbons (Fsp3) is 0.846. The second-order valence-corrected chi connectivity index (χ2v) is 5.15. The Morgan fingerprint density at radius 3 is 2.42 bits per heavy atom. The fourth-order valence-corrected chi connectivity index (χ4v) is 1.50. The molecule has 0 atom stereocenters. The Hall–Kier alpha value is -1.30. The minimum Gasteiger partial charge on any atom is -0.481 e. The minimum atomic E-state index is -0.936. The number of carbonyl (C=O) groups excluding carboxylic acids is 1. The molecule has 0 saturated heterocycles. The van der Waals surface area contributed by atoms with E-state index in [4.69, 9.17) is 9.84 Å². The smallest absolute Gasteiger partial charge is 0.315 e. The number of unbranched alkanes of at least 4 members (excludes halogenated alkanes) is 1. The third-order valence-corrected chi connectivity index (χ3v) is 2.44. The van der Waals surface area contributed by atoms with Crippen LogP contribution in [0.1, 0.15) is 46.5 Å². The molecule has 0 bridgehead atoms. The van der Waals surface area contributed by atoms with E-state index in [-0.39, 0.29) is 12.5 Å². The van der Waals surface area contributed by atoms with Crippen molar-refractivity contribution in [2.75, 3.05) is 19.8 Å². The summed E-state index contributed by atoms with van der Waals surface area (Å²) in [5.41, 5.74) is -0.756. The van der Waals surface area contributed by atoms with Crippen LogP contribution >= 0.6 is 0 Å². The van der Waals surface area contributed by atoms with Gasteiger partial charge in [0.1, 0.15) is 0 Å².